The molecule has 0 unspecified atom stereocenters. The highest BCUT2D eigenvalue weighted by atomic mass is 32.2. The number of thiophene rings is 1. The number of nitrogens with zero attached hydrogens (tertiary/aromatic N) is 2. The van der Waals surface area contributed by atoms with Crippen molar-refractivity contribution in [2.24, 2.45) is 0 Å². The van der Waals surface area contributed by atoms with Gasteiger partial charge < -0.3 is 5.32 Å². The molecule has 0 atom stereocenters. The fourth-order valence-electron chi connectivity index (χ4n) is 3.44. The van der Waals surface area contributed by atoms with Crippen LogP contribution in [0.25, 0.3) is 10.2 Å². The first-order chi connectivity index (χ1) is 13.2. The number of carbonyl (C=O) groups is 1. The molecule has 1 aliphatic rings. The number of aromatic nitrogens is 2. The van der Waals surface area contributed by atoms with Crippen molar-refractivity contribution < 1.29 is 4.79 Å². The fraction of sp³-hybridized carbons (Fsp3) is 0.350. The van der Waals surface area contributed by atoms with Crippen molar-refractivity contribution in [1.29, 1.82) is 0 Å². The zero-order chi connectivity index (χ0) is 18.8. The lowest BCUT2D eigenvalue weighted by atomic mass is 9.97. The predicted octanol–water partition coefficient (Wildman–Crippen LogP) is 3.22. The van der Waals surface area contributed by atoms with Crippen LogP contribution >= 0.6 is 23.1 Å². The lowest BCUT2D eigenvalue weighted by molar-refractivity contribution is -0.118. The second kappa shape index (κ2) is 7.86. The highest BCUT2D eigenvalue weighted by Gasteiger charge is 2.22. The van der Waals surface area contributed by atoms with Gasteiger partial charge in [0.25, 0.3) is 5.56 Å². The zero-order valence-electron chi connectivity index (χ0n) is 15.2. The van der Waals surface area contributed by atoms with Crippen LogP contribution in [0.2, 0.25) is 0 Å². The van der Waals surface area contributed by atoms with Gasteiger partial charge in [-0.25, -0.2) is 4.98 Å². The Balaban J connectivity index is 1.83. The van der Waals surface area contributed by atoms with Crippen molar-refractivity contribution in [3.05, 3.63) is 56.7 Å². The summed E-state index contributed by atoms with van der Waals surface area (Å²) in [5, 5.41) is 4.02. The molecule has 1 aromatic carbocycles. The summed E-state index contributed by atoms with van der Waals surface area (Å²) < 4.78 is 1.73. The van der Waals surface area contributed by atoms with E-state index in [-0.39, 0.29) is 17.2 Å². The number of benzene rings is 1. The van der Waals surface area contributed by atoms with Crippen molar-refractivity contribution in [2.45, 2.75) is 37.4 Å². The molecule has 0 saturated carbocycles. The Hall–Kier alpha value is -2.12. The van der Waals surface area contributed by atoms with Crippen LogP contribution in [-0.2, 0) is 24.2 Å². The van der Waals surface area contributed by atoms with E-state index in [9.17, 15) is 9.59 Å². The van der Waals surface area contributed by atoms with Gasteiger partial charge >= 0.3 is 0 Å². The van der Waals surface area contributed by atoms with E-state index in [1.54, 1.807) is 23.0 Å². The number of rotatable bonds is 5. The fourth-order valence-corrected chi connectivity index (χ4v) is 5.61. The Kier molecular flexibility index (Phi) is 5.31. The second-order valence-electron chi connectivity index (χ2n) is 6.62. The highest BCUT2D eigenvalue weighted by Crippen LogP contribution is 2.34. The molecular formula is C20H21N3O2S2. The molecule has 0 saturated heterocycles. The molecule has 27 heavy (non-hydrogen) atoms. The standard InChI is InChI=1S/C20H21N3O2S2/c1-21-16(24)12-26-20-22-18-17(14-9-5-6-10-15(14)27-18)19(25)23(20)11-13-7-3-2-4-8-13/h2-4,7-8H,5-6,9-12H2,1H3,(H,21,24). The van der Waals surface area contributed by atoms with Crippen LogP contribution in [0.15, 0.2) is 40.3 Å². The SMILES string of the molecule is CNC(=O)CSc1nc2sc3c(c2c(=O)n1Cc1ccccc1)CCCC3. The lowest BCUT2D eigenvalue weighted by Crippen LogP contribution is -2.26. The topological polar surface area (TPSA) is 64.0 Å². The first-order valence-corrected chi connectivity index (χ1v) is 10.9. The summed E-state index contributed by atoms with van der Waals surface area (Å²) in [7, 11) is 1.61. The molecule has 2 aromatic heterocycles. The van der Waals surface area contributed by atoms with Crippen LogP contribution in [0.3, 0.4) is 0 Å². The molecule has 3 aromatic rings. The van der Waals surface area contributed by atoms with Crippen LogP contribution < -0.4 is 10.9 Å². The van der Waals surface area contributed by atoms with E-state index in [4.69, 9.17) is 4.98 Å². The van der Waals surface area contributed by atoms with E-state index in [1.165, 1.54) is 28.6 Å². The van der Waals surface area contributed by atoms with Crippen LogP contribution in [0.5, 0.6) is 0 Å². The van der Waals surface area contributed by atoms with E-state index in [1.807, 2.05) is 30.3 Å². The number of hydrogen-bond acceptors (Lipinski definition) is 5. The summed E-state index contributed by atoms with van der Waals surface area (Å²) in [5.41, 5.74) is 2.26. The van der Waals surface area contributed by atoms with E-state index in [2.05, 4.69) is 5.32 Å². The molecule has 7 heteroatoms. The van der Waals surface area contributed by atoms with E-state index >= 15 is 0 Å². The van der Waals surface area contributed by atoms with Crippen molar-refractivity contribution >= 4 is 39.2 Å². The molecule has 0 radical (unpaired) electrons. The van der Waals surface area contributed by atoms with Gasteiger partial charge in [-0.2, -0.15) is 0 Å². The minimum Gasteiger partial charge on any atom is -0.358 e. The van der Waals surface area contributed by atoms with Crippen molar-refractivity contribution in [2.75, 3.05) is 12.8 Å². The second-order valence-corrected chi connectivity index (χ2v) is 8.65. The largest absolute Gasteiger partial charge is 0.358 e. The van der Waals surface area contributed by atoms with Crippen LogP contribution in [-0.4, -0.2) is 28.3 Å². The van der Waals surface area contributed by atoms with Crippen LogP contribution in [0, 0.1) is 0 Å². The zero-order valence-corrected chi connectivity index (χ0v) is 16.8. The molecule has 2 heterocycles. The van der Waals surface area contributed by atoms with Gasteiger partial charge in [0.15, 0.2) is 5.16 Å². The Bertz CT molecular complexity index is 1040. The molecule has 4 rings (SSSR count). The molecule has 0 fully saturated rings. The molecule has 5 nitrogen and oxygen atoms in total. The highest BCUT2D eigenvalue weighted by molar-refractivity contribution is 7.99. The molecule has 1 aliphatic carbocycles. The number of thioether (sulfide) groups is 1. The van der Waals surface area contributed by atoms with Gasteiger partial charge in [0, 0.05) is 11.9 Å². The average Bonchev–Trinajstić information content (AvgIpc) is 3.07. The summed E-state index contributed by atoms with van der Waals surface area (Å²) in [6, 6.07) is 9.91. The van der Waals surface area contributed by atoms with Crippen LogP contribution in [0.1, 0.15) is 28.8 Å². The first kappa shape index (κ1) is 18.3. The first-order valence-electron chi connectivity index (χ1n) is 9.09. The maximum atomic E-state index is 13.4. The quantitative estimate of drug-likeness (QED) is 0.529. The van der Waals surface area contributed by atoms with E-state index < -0.39 is 0 Å². The normalized spacial score (nSPS) is 13.5. The molecule has 0 spiro atoms. The molecular weight excluding hydrogens is 378 g/mol. The summed E-state index contributed by atoms with van der Waals surface area (Å²) in [6.45, 7) is 0.462. The Morgan fingerprint density at radius 3 is 2.81 bits per heavy atom. The third kappa shape index (κ3) is 3.66. The number of aryl methyl sites for hydroxylation is 2. The molecule has 140 valence electrons. The smallest absolute Gasteiger partial charge is 0.263 e. The molecule has 1 N–H and O–H groups in total. The maximum Gasteiger partial charge on any atom is 0.263 e. The van der Waals surface area contributed by atoms with Crippen molar-refractivity contribution in [1.82, 2.24) is 14.9 Å². The van der Waals surface area contributed by atoms with Gasteiger partial charge in [0.05, 0.1) is 17.7 Å². The van der Waals surface area contributed by atoms with Gasteiger partial charge in [-0.3, -0.25) is 14.2 Å². The van der Waals surface area contributed by atoms with Gasteiger partial charge in [0.1, 0.15) is 4.83 Å². The number of nitrogens with one attached hydrogen (secondary N) is 1. The minimum atomic E-state index is -0.0777. The Morgan fingerprint density at radius 2 is 2.04 bits per heavy atom. The monoisotopic (exact) mass is 399 g/mol. The lowest BCUT2D eigenvalue weighted by Gasteiger charge is -2.13. The molecule has 0 aliphatic heterocycles. The predicted molar refractivity (Wildman–Crippen MR) is 111 cm³/mol. The minimum absolute atomic E-state index is 0.0164. The Labute approximate surface area is 165 Å². The van der Waals surface area contributed by atoms with E-state index in [0.717, 1.165) is 35.0 Å². The van der Waals surface area contributed by atoms with Gasteiger partial charge in [-0.1, -0.05) is 42.1 Å². The molecule has 0 bridgehead atoms. The van der Waals surface area contributed by atoms with Crippen molar-refractivity contribution in [3.8, 4) is 0 Å². The van der Waals surface area contributed by atoms with Crippen molar-refractivity contribution in [3.63, 3.8) is 0 Å². The van der Waals surface area contributed by atoms with Gasteiger partial charge in [0.2, 0.25) is 5.91 Å². The third-order valence-corrected chi connectivity index (χ3v) is 7.00. The summed E-state index contributed by atoms with van der Waals surface area (Å²) in [5.74, 6) is 0.167. The number of carbonyl (C=O) groups excluding carboxylic acids is 1. The number of fused-ring (bicyclic) bond motifs is 3. The third-order valence-electron chi connectivity index (χ3n) is 4.83. The summed E-state index contributed by atoms with van der Waals surface area (Å²) in [6.07, 6.45) is 4.30. The van der Waals surface area contributed by atoms with Gasteiger partial charge in [-0.05, 0) is 36.8 Å². The number of amides is 1. The molecule has 1 amide bonds. The summed E-state index contributed by atoms with van der Waals surface area (Å²) >= 11 is 2.97. The van der Waals surface area contributed by atoms with Crippen LogP contribution in [0.4, 0.5) is 0 Å². The number of hydrogen-bond donors (Lipinski definition) is 1. The maximum absolute atomic E-state index is 13.4. The Morgan fingerprint density at radius 1 is 1.26 bits per heavy atom. The van der Waals surface area contributed by atoms with Gasteiger partial charge in [-0.15, -0.1) is 11.3 Å². The average molecular weight is 400 g/mol. The summed E-state index contributed by atoms with van der Waals surface area (Å²) in [4.78, 5) is 32.1. The van der Waals surface area contributed by atoms with E-state index in [0.29, 0.717) is 11.7 Å².